The Kier molecular flexibility index (Phi) is 3.65. The first kappa shape index (κ1) is 14.0. The standard InChI is InChI=1S/C14H21NO4/c1-9(2)3-10-4-11-6-14(7-13(16)17,8-15(18)19)12(11)5-10/h5,9,11-12H,3-4,6-8H2,1-2H3,(H,16,17)/t11-,12-,14-/m0/s1. The first-order chi connectivity index (χ1) is 8.82. The molecule has 2 aliphatic rings. The molecule has 0 unspecified atom stereocenters. The summed E-state index contributed by atoms with van der Waals surface area (Å²) in [6, 6.07) is 0. The van der Waals surface area contributed by atoms with Gasteiger partial charge in [-0.05, 0) is 37.0 Å². The summed E-state index contributed by atoms with van der Waals surface area (Å²) in [5.74, 6) is 0.190. The average molecular weight is 267 g/mol. The van der Waals surface area contributed by atoms with Gasteiger partial charge in [0.15, 0.2) is 0 Å². The molecule has 0 aromatic rings. The molecule has 5 nitrogen and oxygen atoms in total. The van der Waals surface area contributed by atoms with E-state index in [0.717, 1.165) is 12.8 Å². The van der Waals surface area contributed by atoms with Crippen LogP contribution in [0.1, 0.15) is 39.5 Å². The zero-order chi connectivity index (χ0) is 14.2. The van der Waals surface area contributed by atoms with Gasteiger partial charge in [0.25, 0.3) is 0 Å². The van der Waals surface area contributed by atoms with Gasteiger partial charge in [0.1, 0.15) is 0 Å². The van der Waals surface area contributed by atoms with E-state index in [0.29, 0.717) is 18.3 Å². The molecule has 1 N–H and O–H groups in total. The molecule has 0 spiro atoms. The van der Waals surface area contributed by atoms with Crippen molar-refractivity contribution in [3.8, 4) is 0 Å². The molecule has 2 rings (SSSR count). The van der Waals surface area contributed by atoms with Crippen LogP contribution in [0.3, 0.4) is 0 Å². The minimum Gasteiger partial charge on any atom is -0.481 e. The number of hydrogen-bond donors (Lipinski definition) is 1. The van der Waals surface area contributed by atoms with E-state index >= 15 is 0 Å². The van der Waals surface area contributed by atoms with E-state index in [1.807, 2.05) is 0 Å². The van der Waals surface area contributed by atoms with E-state index in [9.17, 15) is 14.9 Å². The zero-order valence-corrected chi connectivity index (χ0v) is 11.5. The number of carboxylic acids is 1. The van der Waals surface area contributed by atoms with Crippen LogP contribution in [0, 0.1) is 33.3 Å². The Morgan fingerprint density at radius 1 is 1.63 bits per heavy atom. The van der Waals surface area contributed by atoms with E-state index in [1.54, 1.807) is 0 Å². The van der Waals surface area contributed by atoms with Crippen molar-refractivity contribution in [2.45, 2.75) is 39.5 Å². The fourth-order valence-electron chi connectivity index (χ4n) is 3.95. The van der Waals surface area contributed by atoms with Crippen LogP contribution in [0.2, 0.25) is 0 Å². The van der Waals surface area contributed by atoms with Gasteiger partial charge < -0.3 is 5.11 Å². The number of allylic oxidation sites excluding steroid dienone is 2. The fraction of sp³-hybridized carbons (Fsp3) is 0.786. The van der Waals surface area contributed by atoms with Crippen LogP contribution in [-0.2, 0) is 4.79 Å². The molecule has 2 aliphatic carbocycles. The van der Waals surface area contributed by atoms with Crippen LogP contribution in [0.5, 0.6) is 0 Å². The Morgan fingerprint density at radius 3 is 2.84 bits per heavy atom. The lowest BCUT2D eigenvalue weighted by molar-refractivity contribution is -0.505. The van der Waals surface area contributed by atoms with Gasteiger partial charge in [-0.2, -0.15) is 0 Å². The van der Waals surface area contributed by atoms with Crippen molar-refractivity contribution in [3.05, 3.63) is 21.8 Å². The highest BCUT2D eigenvalue weighted by Crippen LogP contribution is 2.60. The van der Waals surface area contributed by atoms with Crippen molar-refractivity contribution in [2.75, 3.05) is 6.54 Å². The van der Waals surface area contributed by atoms with Crippen molar-refractivity contribution in [3.63, 3.8) is 0 Å². The topological polar surface area (TPSA) is 80.4 Å². The Hall–Kier alpha value is -1.39. The van der Waals surface area contributed by atoms with Crippen LogP contribution < -0.4 is 0 Å². The summed E-state index contributed by atoms with van der Waals surface area (Å²) in [6.07, 6.45) is 4.76. The monoisotopic (exact) mass is 267 g/mol. The third kappa shape index (κ3) is 2.80. The molecule has 0 aromatic carbocycles. The lowest BCUT2D eigenvalue weighted by Gasteiger charge is -2.48. The van der Waals surface area contributed by atoms with Crippen molar-refractivity contribution >= 4 is 5.97 Å². The number of carbonyl (C=O) groups is 1. The highest BCUT2D eigenvalue weighted by Gasteiger charge is 2.58. The summed E-state index contributed by atoms with van der Waals surface area (Å²) in [5.41, 5.74) is 0.722. The minimum absolute atomic E-state index is 0.0827. The van der Waals surface area contributed by atoms with Crippen LogP contribution in [0.25, 0.3) is 0 Å². The second-order valence-corrected chi connectivity index (χ2v) is 6.54. The second-order valence-electron chi connectivity index (χ2n) is 6.54. The third-order valence-corrected chi connectivity index (χ3v) is 4.44. The van der Waals surface area contributed by atoms with Crippen molar-refractivity contribution in [1.82, 2.24) is 0 Å². The van der Waals surface area contributed by atoms with E-state index in [1.165, 1.54) is 5.57 Å². The van der Waals surface area contributed by atoms with Crippen molar-refractivity contribution < 1.29 is 14.8 Å². The van der Waals surface area contributed by atoms with E-state index < -0.39 is 11.4 Å². The molecule has 1 saturated carbocycles. The molecule has 0 heterocycles. The highest BCUT2D eigenvalue weighted by molar-refractivity contribution is 5.68. The largest absolute Gasteiger partial charge is 0.481 e. The van der Waals surface area contributed by atoms with Gasteiger partial charge in [-0.3, -0.25) is 14.9 Å². The summed E-state index contributed by atoms with van der Waals surface area (Å²) in [6.45, 7) is 4.09. The number of fused-ring (bicyclic) bond motifs is 1. The molecule has 19 heavy (non-hydrogen) atoms. The number of rotatable bonds is 6. The van der Waals surface area contributed by atoms with Crippen LogP contribution in [0.4, 0.5) is 0 Å². The molecule has 0 bridgehead atoms. The molecule has 0 aromatic heterocycles. The molecule has 0 amide bonds. The Balaban J connectivity index is 2.13. The summed E-state index contributed by atoms with van der Waals surface area (Å²) in [5, 5.41) is 19.8. The summed E-state index contributed by atoms with van der Waals surface area (Å²) < 4.78 is 0. The molecular weight excluding hydrogens is 246 g/mol. The minimum atomic E-state index is -0.925. The normalized spacial score (nSPS) is 32.7. The van der Waals surface area contributed by atoms with Crippen LogP contribution in [0.15, 0.2) is 11.6 Å². The molecule has 1 fully saturated rings. The first-order valence-corrected chi connectivity index (χ1v) is 6.85. The van der Waals surface area contributed by atoms with Crippen molar-refractivity contribution in [2.24, 2.45) is 23.2 Å². The van der Waals surface area contributed by atoms with Crippen molar-refractivity contribution in [1.29, 1.82) is 0 Å². The maximum Gasteiger partial charge on any atom is 0.304 e. The predicted molar refractivity (Wildman–Crippen MR) is 70.3 cm³/mol. The average Bonchev–Trinajstić information content (AvgIpc) is 2.53. The van der Waals surface area contributed by atoms with Crippen LogP contribution >= 0.6 is 0 Å². The number of aliphatic carboxylic acids is 1. The molecule has 5 heteroatoms. The van der Waals surface area contributed by atoms with Gasteiger partial charge >= 0.3 is 5.97 Å². The van der Waals surface area contributed by atoms with E-state index in [2.05, 4.69) is 19.9 Å². The lowest BCUT2D eigenvalue weighted by Crippen LogP contribution is -2.50. The fourth-order valence-corrected chi connectivity index (χ4v) is 3.95. The molecule has 3 atom stereocenters. The van der Waals surface area contributed by atoms with Gasteiger partial charge in [0.05, 0.1) is 11.8 Å². The number of nitro groups is 1. The lowest BCUT2D eigenvalue weighted by atomic mass is 9.53. The van der Waals surface area contributed by atoms with Gasteiger partial charge in [-0.15, -0.1) is 0 Å². The molecular formula is C14H21NO4. The summed E-state index contributed by atoms with van der Waals surface area (Å²) in [4.78, 5) is 21.5. The molecule has 0 saturated heterocycles. The Labute approximate surface area is 112 Å². The predicted octanol–water partition coefficient (Wildman–Crippen LogP) is 2.74. The van der Waals surface area contributed by atoms with E-state index in [-0.39, 0.29) is 23.8 Å². The molecule has 0 aliphatic heterocycles. The third-order valence-electron chi connectivity index (χ3n) is 4.44. The number of carboxylic acid groups (broad SMARTS) is 1. The van der Waals surface area contributed by atoms with Gasteiger partial charge in [0, 0.05) is 4.92 Å². The van der Waals surface area contributed by atoms with Gasteiger partial charge in [0.2, 0.25) is 6.54 Å². The highest BCUT2D eigenvalue weighted by atomic mass is 16.6. The van der Waals surface area contributed by atoms with Gasteiger partial charge in [-0.1, -0.05) is 25.5 Å². The summed E-state index contributed by atoms with van der Waals surface area (Å²) in [7, 11) is 0. The molecule has 0 radical (unpaired) electrons. The Morgan fingerprint density at radius 2 is 2.32 bits per heavy atom. The smallest absolute Gasteiger partial charge is 0.304 e. The second kappa shape index (κ2) is 4.94. The van der Waals surface area contributed by atoms with E-state index in [4.69, 9.17) is 5.11 Å². The van der Waals surface area contributed by atoms with Crippen LogP contribution in [-0.4, -0.2) is 22.5 Å². The maximum absolute atomic E-state index is 11.0. The maximum atomic E-state index is 11.0. The number of nitrogens with zero attached hydrogens (tertiary/aromatic N) is 1. The zero-order valence-electron chi connectivity index (χ0n) is 11.5. The molecule has 106 valence electrons. The quantitative estimate of drug-likeness (QED) is 0.456. The SMILES string of the molecule is CC(C)CC1=C[C@H]2[C@@H](C1)C[C@]2(CC(=O)O)C[N+](=O)[O-]. The first-order valence-electron chi connectivity index (χ1n) is 6.85. The summed E-state index contributed by atoms with van der Waals surface area (Å²) >= 11 is 0. The number of hydrogen-bond acceptors (Lipinski definition) is 3. The van der Waals surface area contributed by atoms with Gasteiger partial charge in [-0.25, -0.2) is 0 Å². The Bertz CT molecular complexity index is 411.